The second-order valence-electron chi connectivity index (χ2n) is 5.74. The highest BCUT2D eigenvalue weighted by molar-refractivity contribution is 5.02. The number of rotatable bonds is 4. The van der Waals surface area contributed by atoms with Crippen molar-refractivity contribution in [3.8, 4) is 0 Å². The van der Waals surface area contributed by atoms with Crippen LogP contribution in [0.15, 0.2) is 12.8 Å². The van der Waals surface area contributed by atoms with Gasteiger partial charge >= 0.3 is 0 Å². The van der Waals surface area contributed by atoms with E-state index in [2.05, 4.69) is 6.58 Å². The predicted molar refractivity (Wildman–Crippen MR) is 61.3 cm³/mol. The molecule has 0 aliphatic heterocycles. The van der Waals surface area contributed by atoms with Crippen molar-refractivity contribution < 1.29 is 4.74 Å². The van der Waals surface area contributed by atoms with Crippen LogP contribution in [0.5, 0.6) is 0 Å². The highest BCUT2D eigenvalue weighted by atomic mass is 16.5. The Balaban J connectivity index is 1.58. The van der Waals surface area contributed by atoms with E-state index in [-0.39, 0.29) is 0 Å². The van der Waals surface area contributed by atoms with Crippen LogP contribution in [0.25, 0.3) is 0 Å². The van der Waals surface area contributed by atoms with E-state index in [0.29, 0.717) is 0 Å². The maximum absolute atomic E-state index is 5.28. The van der Waals surface area contributed by atoms with Crippen molar-refractivity contribution in [1.82, 2.24) is 0 Å². The first-order chi connectivity index (χ1) is 7.40. The molecule has 5 unspecified atom stereocenters. The van der Waals surface area contributed by atoms with Crippen LogP contribution in [0, 0.1) is 29.6 Å². The van der Waals surface area contributed by atoms with Crippen LogP contribution in [0.4, 0.5) is 0 Å². The largest absolute Gasteiger partial charge is 0.502 e. The molecule has 3 aliphatic carbocycles. The molecule has 84 valence electrons. The maximum Gasteiger partial charge on any atom is 0.0875 e. The van der Waals surface area contributed by atoms with E-state index in [9.17, 15) is 0 Å². The minimum Gasteiger partial charge on any atom is -0.502 e. The Labute approximate surface area is 92.9 Å². The first kappa shape index (κ1) is 9.74. The summed E-state index contributed by atoms with van der Waals surface area (Å²) in [5, 5.41) is 0. The lowest BCUT2D eigenvalue weighted by atomic mass is 9.75. The second-order valence-corrected chi connectivity index (χ2v) is 5.74. The van der Waals surface area contributed by atoms with E-state index in [1.165, 1.54) is 25.7 Å². The quantitative estimate of drug-likeness (QED) is 0.504. The van der Waals surface area contributed by atoms with Gasteiger partial charge in [-0.1, -0.05) is 13.0 Å². The van der Waals surface area contributed by atoms with Crippen LogP contribution in [0.2, 0.25) is 0 Å². The van der Waals surface area contributed by atoms with Gasteiger partial charge in [0.2, 0.25) is 0 Å². The van der Waals surface area contributed by atoms with Crippen molar-refractivity contribution in [2.45, 2.75) is 38.5 Å². The minimum atomic E-state index is 0.898. The van der Waals surface area contributed by atoms with Gasteiger partial charge in [0.25, 0.3) is 0 Å². The smallest absolute Gasteiger partial charge is 0.0875 e. The molecule has 3 aliphatic rings. The Morgan fingerprint density at radius 1 is 1.13 bits per heavy atom. The first-order valence-electron chi connectivity index (χ1n) is 6.62. The topological polar surface area (TPSA) is 9.23 Å². The Bertz CT molecular complexity index is 248. The van der Waals surface area contributed by atoms with Crippen LogP contribution >= 0.6 is 0 Å². The molecule has 0 aromatic heterocycles. The lowest BCUT2D eigenvalue weighted by molar-refractivity contribution is 0.145. The van der Waals surface area contributed by atoms with E-state index < -0.39 is 0 Å². The molecule has 0 N–H and O–H groups in total. The fourth-order valence-corrected chi connectivity index (χ4v) is 4.84. The van der Waals surface area contributed by atoms with Crippen molar-refractivity contribution in [3.05, 3.63) is 12.8 Å². The maximum atomic E-state index is 5.28. The molecule has 0 saturated heterocycles. The van der Waals surface area contributed by atoms with Crippen LogP contribution < -0.4 is 0 Å². The Kier molecular flexibility index (Phi) is 2.50. The average Bonchev–Trinajstić information content (AvgIpc) is 2.89. The van der Waals surface area contributed by atoms with Gasteiger partial charge in [-0.25, -0.2) is 0 Å². The molecule has 1 nitrogen and oxygen atoms in total. The summed E-state index contributed by atoms with van der Waals surface area (Å²) in [5.74, 6) is 5.38. The van der Waals surface area contributed by atoms with Gasteiger partial charge in [-0.15, -0.1) is 0 Å². The number of fused-ring (bicyclic) bond motifs is 5. The van der Waals surface area contributed by atoms with E-state index in [1.54, 1.807) is 19.1 Å². The predicted octanol–water partition coefficient (Wildman–Crippen LogP) is 3.61. The van der Waals surface area contributed by atoms with Crippen molar-refractivity contribution in [2.24, 2.45) is 29.6 Å². The molecule has 1 heteroatoms. The molecule has 15 heavy (non-hydrogen) atoms. The lowest BCUT2D eigenvalue weighted by Gasteiger charge is -2.31. The highest BCUT2D eigenvalue weighted by Gasteiger charge is 2.53. The van der Waals surface area contributed by atoms with Crippen LogP contribution in [0.3, 0.4) is 0 Å². The molecule has 3 fully saturated rings. The Morgan fingerprint density at radius 3 is 2.87 bits per heavy atom. The number of hydrogen-bond donors (Lipinski definition) is 0. The van der Waals surface area contributed by atoms with Gasteiger partial charge in [0, 0.05) is 0 Å². The SMILES string of the molecule is C=COCCC1CC2CC1C1CCCC21. The molecule has 0 aromatic rings. The van der Waals surface area contributed by atoms with Gasteiger partial charge in [-0.3, -0.25) is 0 Å². The second kappa shape index (κ2) is 3.84. The summed E-state index contributed by atoms with van der Waals surface area (Å²) in [5.41, 5.74) is 0. The molecule has 5 atom stereocenters. The van der Waals surface area contributed by atoms with Gasteiger partial charge < -0.3 is 4.74 Å². The molecule has 3 rings (SSSR count). The lowest BCUT2D eigenvalue weighted by Crippen LogP contribution is -2.25. The Hall–Kier alpha value is -0.460. The van der Waals surface area contributed by atoms with E-state index in [0.717, 1.165) is 36.2 Å². The zero-order valence-electron chi connectivity index (χ0n) is 9.53. The minimum absolute atomic E-state index is 0.898. The van der Waals surface area contributed by atoms with Gasteiger partial charge in [0.1, 0.15) is 0 Å². The molecule has 0 radical (unpaired) electrons. The summed E-state index contributed by atoms with van der Waals surface area (Å²) in [4.78, 5) is 0. The Morgan fingerprint density at radius 2 is 2.00 bits per heavy atom. The summed E-state index contributed by atoms with van der Waals surface area (Å²) >= 11 is 0. The van der Waals surface area contributed by atoms with Gasteiger partial charge in [-0.2, -0.15) is 0 Å². The summed E-state index contributed by atoms with van der Waals surface area (Å²) in [6, 6.07) is 0. The van der Waals surface area contributed by atoms with Crippen LogP contribution in [0.1, 0.15) is 38.5 Å². The fourth-order valence-electron chi connectivity index (χ4n) is 4.84. The molecule has 0 amide bonds. The first-order valence-corrected chi connectivity index (χ1v) is 6.62. The standard InChI is InChI=1S/C14H22O/c1-2-15-7-6-10-8-11-9-14(10)13-5-3-4-12(11)13/h2,10-14H,1,3-9H2. The molecule has 0 heterocycles. The normalized spacial score (nSPS) is 46.8. The van der Waals surface area contributed by atoms with E-state index in [1.807, 2.05) is 0 Å². The number of hydrogen-bond acceptors (Lipinski definition) is 1. The zero-order chi connectivity index (χ0) is 10.3. The average molecular weight is 206 g/mol. The van der Waals surface area contributed by atoms with Crippen molar-refractivity contribution >= 4 is 0 Å². The summed E-state index contributed by atoms with van der Waals surface area (Å²) in [7, 11) is 0. The van der Waals surface area contributed by atoms with Crippen molar-refractivity contribution in [2.75, 3.05) is 6.61 Å². The van der Waals surface area contributed by atoms with Crippen molar-refractivity contribution in [3.63, 3.8) is 0 Å². The molecule has 0 spiro atoms. The summed E-state index contributed by atoms with van der Waals surface area (Å²) in [6.45, 7) is 4.50. The monoisotopic (exact) mass is 206 g/mol. The number of ether oxygens (including phenoxy) is 1. The third-order valence-electron chi connectivity index (χ3n) is 5.29. The van der Waals surface area contributed by atoms with Gasteiger partial charge in [0.05, 0.1) is 12.9 Å². The molecular weight excluding hydrogens is 184 g/mol. The third kappa shape index (κ3) is 1.51. The molecule has 2 bridgehead atoms. The fraction of sp³-hybridized carbons (Fsp3) is 0.857. The van der Waals surface area contributed by atoms with Crippen LogP contribution in [-0.2, 0) is 4.74 Å². The summed E-state index contributed by atoms with van der Waals surface area (Å²) < 4.78 is 5.28. The third-order valence-corrected chi connectivity index (χ3v) is 5.29. The molecule has 0 aromatic carbocycles. The van der Waals surface area contributed by atoms with Gasteiger partial charge in [0.15, 0.2) is 0 Å². The molecule has 3 saturated carbocycles. The van der Waals surface area contributed by atoms with E-state index in [4.69, 9.17) is 4.74 Å². The summed E-state index contributed by atoms with van der Waals surface area (Å²) in [6.07, 6.45) is 10.5. The van der Waals surface area contributed by atoms with Crippen LogP contribution in [-0.4, -0.2) is 6.61 Å². The highest BCUT2D eigenvalue weighted by Crippen LogP contribution is 2.61. The van der Waals surface area contributed by atoms with Crippen molar-refractivity contribution in [1.29, 1.82) is 0 Å². The van der Waals surface area contributed by atoms with Gasteiger partial charge in [-0.05, 0) is 61.7 Å². The zero-order valence-corrected chi connectivity index (χ0v) is 9.53. The van der Waals surface area contributed by atoms with E-state index >= 15 is 0 Å². The molecular formula is C14H22O.